The minimum absolute atomic E-state index is 0.230. The van der Waals surface area contributed by atoms with Crippen molar-refractivity contribution < 1.29 is 14.3 Å². The minimum Gasteiger partial charge on any atom is -0.496 e. The topological polar surface area (TPSA) is 73.6 Å². The minimum atomic E-state index is -0.271. The number of nitrogens with one attached hydrogen (secondary N) is 1. The molecule has 0 bridgehead atoms. The van der Waals surface area contributed by atoms with Gasteiger partial charge in [0, 0.05) is 18.8 Å². The van der Waals surface area contributed by atoms with E-state index in [1.807, 2.05) is 6.92 Å². The molecule has 0 spiro atoms. The summed E-state index contributed by atoms with van der Waals surface area (Å²) in [5.74, 6) is 0.252. The van der Waals surface area contributed by atoms with Gasteiger partial charge in [0.2, 0.25) is 0 Å². The zero-order valence-electron chi connectivity index (χ0n) is 11.4. The smallest absolute Gasteiger partial charge is 0.257 e. The molecule has 0 radical (unpaired) electrons. The summed E-state index contributed by atoms with van der Waals surface area (Å²) < 4.78 is 10.8. The van der Waals surface area contributed by atoms with Gasteiger partial charge in [-0.05, 0) is 31.9 Å². The predicted molar refractivity (Wildman–Crippen MR) is 73.3 cm³/mol. The van der Waals surface area contributed by atoms with Crippen LogP contribution in [-0.4, -0.2) is 31.8 Å². The van der Waals surface area contributed by atoms with Gasteiger partial charge in [-0.1, -0.05) is 6.07 Å². The fourth-order valence-electron chi connectivity index (χ4n) is 2.29. The molecule has 5 heteroatoms. The lowest BCUT2D eigenvalue weighted by molar-refractivity contribution is 0.0206. The Hall–Kier alpha value is -1.75. The first-order valence-corrected chi connectivity index (χ1v) is 6.40. The van der Waals surface area contributed by atoms with Crippen LogP contribution >= 0.6 is 0 Å². The highest BCUT2D eigenvalue weighted by Gasteiger charge is 2.30. The van der Waals surface area contributed by atoms with Crippen molar-refractivity contribution in [3.8, 4) is 5.75 Å². The molecule has 1 fully saturated rings. The fraction of sp³-hybridized carbons (Fsp3) is 0.500. The SMILES string of the molecule is COc1cccc(N)c1C(=O)NCC1(C)CCCO1. The van der Waals surface area contributed by atoms with Crippen LogP contribution in [0.4, 0.5) is 5.69 Å². The molecule has 19 heavy (non-hydrogen) atoms. The van der Waals surface area contributed by atoms with E-state index in [9.17, 15) is 4.79 Å². The van der Waals surface area contributed by atoms with Gasteiger partial charge in [0.15, 0.2) is 0 Å². The molecule has 1 aromatic carbocycles. The van der Waals surface area contributed by atoms with Crippen LogP contribution in [-0.2, 0) is 4.74 Å². The van der Waals surface area contributed by atoms with Crippen LogP contribution in [0.5, 0.6) is 5.75 Å². The van der Waals surface area contributed by atoms with Crippen molar-refractivity contribution in [1.82, 2.24) is 5.32 Å². The summed E-state index contributed by atoms with van der Waals surface area (Å²) in [5, 5.41) is 2.87. The number of hydrogen-bond donors (Lipinski definition) is 2. The number of nitrogen functional groups attached to an aromatic ring is 1. The van der Waals surface area contributed by atoms with Crippen LogP contribution in [0, 0.1) is 0 Å². The molecule has 3 N–H and O–H groups in total. The number of rotatable bonds is 4. The van der Waals surface area contributed by atoms with Crippen molar-refractivity contribution in [3.63, 3.8) is 0 Å². The third-order valence-corrected chi connectivity index (χ3v) is 3.43. The number of nitrogens with two attached hydrogens (primary N) is 1. The van der Waals surface area contributed by atoms with Gasteiger partial charge in [-0.2, -0.15) is 0 Å². The molecule has 5 nitrogen and oxygen atoms in total. The predicted octanol–water partition coefficient (Wildman–Crippen LogP) is 1.58. The maximum absolute atomic E-state index is 12.2. The van der Waals surface area contributed by atoms with Gasteiger partial charge in [-0.25, -0.2) is 0 Å². The molecule has 0 aromatic heterocycles. The zero-order chi connectivity index (χ0) is 13.9. The standard InChI is InChI=1S/C14H20N2O3/c1-14(7-4-8-19-14)9-16-13(17)12-10(15)5-3-6-11(12)18-2/h3,5-6H,4,7-9,15H2,1-2H3,(H,16,17). The monoisotopic (exact) mass is 264 g/mol. The molecule has 1 heterocycles. The molecule has 1 atom stereocenters. The Morgan fingerprint density at radius 2 is 2.37 bits per heavy atom. The van der Waals surface area contributed by atoms with E-state index in [1.165, 1.54) is 7.11 Å². The number of anilines is 1. The van der Waals surface area contributed by atoms with E-state index >= 15 is 0 Å². The van der Waals surface area contributed by atoms with E-state index in [1.54, 1.807) is 18.2 Å². The molecular formula is C14H20N2O3. The third kappa shape index (κ3) is 2.98. The molecule has 104 valence electrons. The summed E-state index contributed by atoms with van der Waals surface area (Å²) >= 11 is 0. The van der Waals surface area contributed by atoms with Crippen molar-refractivity contribution in [3.05, 3.63) is 23.8 Å². The quantitative estimate of drug-likeness (QED) is 0.810. The van der Waals surface area contributed by atoms with Gasteiger partial charge in [0.25, 0.3) is 5.91 Å². The van der Waals surface area contributed by atoms with Gasteiger partial charge in [0.05, 0.1) is 12.7 Å². The number of carbonyl (C=O) groups excluding carboxylic acids is 1. The zero-order valence-corrected chi connectivity index (χ0v) is 11.4. The Morgan fingerprint density at radius 1 is 1.58 bits per heavy atom. The van der Waals surface area contributed by atoms with Crippen molar-refractivity contribution in [2.75, 3.05) is 26.0 Å². The number of ether oxygens (including phenoxy) is 2. The Bertz CT molecular complexity index is 468. The van der Waals surface area contributed by atoms with E-state index < -0.39 is 0 Å². The largest absolute Gasteiger partial charge is 0.496 e. The Labute approximate surface area is 113 Å². The van der Waals surface area contributed by atoms with E-state index in [0.717, 1.165) is 19.4 Å². The second-order valence-electron chi connectivity index (χ2n) is 5.01. The van der Waals surface area contributed by atoms with Crippen LogP contribution in [0.25, 0.3) is 0 Å². The number of methoxy groups -OCH3 is 1. The molecule has 0 saturated carbocycles. The highest BCUT2D eigenvalue weighted by molar-refractivity contribution is 6.01. The molecule has 1 saturated heterocycles. The van der Waals surface area contributed by atoms with Crippen molar-refractivity contribution in [1.29, 1.82) is 0 Å². The maximum atomic E-state index is 12.2. The van der Waals surface area contributed by atoms with Crippen LogP contribution in [0.1, 0.15) is 30.1 Å². The van der Waals surface area contributed by atoms with E-state index in [4.69, 9.17) is 15.2 Å². The third-order valence-electron chi connectivity index (χ3n) is 3.43. The Morgan fingerprint density at radius 3 is 3.00 bits per heavy atom. The molecule has 1 unspecified atom stereocenters. The molecule has 1 aliphatic rings. The van der Waals surface area contributed by atoms with Crippen LogP contribution < -0.4 is 15.8 Å². The molecular weight excluding hydrogens is 244 g/mol. The van der Waals surface area contributed by atoms with Crippen molar-refractivity contribution in [2.45, 2.75) is 25.4 Å². The average Bonchev–Trinajstić information content (AvgIpc) is 2.83. The van der Waals surface area contributed by atoms with Gasteiger partial charge in [-0.3, -0.25) is 4.79 Å². The summed E-state index contributed by atoms with van der Waals surface area (Å²) in [7, 11) is 1.52. The Kier molecular flexibility index (Phi) is 3.95. The maximum Gasteiger partial charge on any atom is 0.257 e. The molecule has 0 aliphatic carbocycles. The summed E-state index contributed by atoms with van der Waals surface area (Å²) in [6.45, 7) is 3.23. The van der Waals surface area contributed by atoms with Gasteiger partial charge < -0.3 is 20.5 Å². The van der Waals surface area contributed by atoms with E-state index in [2.05, 4.69) is 5.32 Å². The number of benzene rings is 1. The molecule has 1 aromatic rings. The lowest BCUT2D eigenvalue weighted by atomic mass is 10.0. The second-order valence-corrected chi connectivity index (χ2v) is 5.01. The Balaban J connectivity index is 2.08. The molecule has 2 rings (SSSR count). The fourth-order valence-corrected chi connectivity index (χ4v) is 2.29. The number of carbonyl (C=O) groups is 1. The van der Waals surface area contributed by atoms with Gasteiger partial charge >= 0.3 is 0 Å². The number of amides is 1. The van der Waals surface area contributed by atoms with Gasteiger partial charge in [0.1, 0.15) is 11.3 Å². The number of hydrogen-bond acceptors (Lipinski definition) is 4. The first-order chi connectivity index (χ1) is 9.06. The summed E-state index contributed by atoms with van der Waals surface area (Å²) in [4.78, 5) is 12.2. The molecule has 1 aliphatic heterocycles. The first-order valence-electron chi connectivity index (χ1n) is 6.40. The van der Waals surface area contributed by atoms with Gasteiger partial charge in [-0.15, -0.1) is 0 Å². The van der Waals surface area contributed by atoms with Crippen LogP contribution in [0.15, 0.2) is 18.2 Å². The molecule has 1 amide bonds. The average molecular weight is 264 g/mol. The summed E-state index contributed by atoms with van der Waals surface area (Å²) in [5.41, 5.74) is 6.36. The lowest BCUT2D eigenvalue weighted by Gasteiger charge is -2.23. The summed E-state index contributed by atoms with van der Waals surface area (Å²) in [6.07, 6.45) is 1.98. The normalized spacial score (nSPS) is 22.2. The van der Waals surface area contributed by atoms with Crippen molar-refractivity contribution >= 4 is 11.6 Å². The second kappa shape index (κ2) is 5.48. The van der Waals surface area contributed by atoms with E-state index in [-0.39, 0.29) is 11.5 Å². The first kappa shape index (κ1) is 13.7. The highest BCUT2D eigenvalue weighted by Crippen LogP contribution is 2.26. The highest BCUT2D eigenvalue weighted by atomic mass is 16.5. The van der Waals surface area contributed by atoms with Crippen molar-refractivity contribution in [2.24, 2.45) is 0 Å². The van der Waals surface area contributed by atoms with Crippen LogP contribution in [0.2, 0.25) is 0 Å². The lowest BCUT2D eigenvalue weighted by Crippen LogP contribution is -2.40. The van der Waals surface area contributed by atoms with E-state index in [0.29, 0.717) is 23.5 Å². The summed E-state index contributed by atoms with van der Waals surface area (Å²) in [6, 6.07) is 5.16. The van der Waals surface area contributed by atoms with Crippen LogP contribution in [0.3, 0.4) is 0 Å².